The number of amides is 1. The first kappa shape index (κ1) is 14.6. The third-order valence-electron chi connectivity index (χ3n) is 3.04. The minimum absolute atomic E-state index is 0.0110. The number of hydrogen-bond donors (Lipinski definition) is 2. The molecule has 2 rings (SSSR count). The van der Waals surface area contributed by atoms with E-state index in [2.05, 4.69) is 21.2 Å². The zero-order chi connectivity index (χ0) is 14.5. The summed E-state index contributed by atoms with van der Waals surface area (Å²) in [5.41, 5.74) is 8.37. The molecule has 0 bridgehead atoms. The maximum atomic E-state index is 12.0. The highest BCUT2D eigenvalue weighted by atomic mass is 79.9. The summed E-state index contributed by atoms with van der Waals surface area (Å²) >= 11 is 3.43. The summed E-state index contributed by atoms with van der Waals surface area (Å²) in [4.78, 5) is 12.0. The number of nitrogen functional groups attached to an aromatic ring is 1. The van der Waals surface area contributed by atoms with Crippen LogP contribution in [0, 0.1) is 0 Å². The Labute approximate surface area is 127 Å². The zero-order valence-corrected chi connectivity index (χ0v) is 12.9. The third kappa shape index (κ3) is 4.10. The van der Waals surface area contributed by atoms with Gasteiger partial charge in [-0.25, -0.2) is 0 Å². The fraction of sp³-hybridized carbons (Fsp3) is 0.188. The summed E-state index contributed by atoms with van der Waals surface area (Å²) < 4.78 is 1.01. The number of halogens is 1. The normalized spacial score (nSPS) is 11.9. The fourth-order valence-corrected chi connectivity index (χ4v) is 2.46. The van der Waals surface area contributed by atoms with Gasteiger partial charge in [-0.3, -0.25) is 4.79 Å². The monoisotopic (exact) mass is 332 g/mol. The molecular formula is C16H17BrN2O. The second kappa shape index (κ2) is 6.57. The van der Waals surface area contributed by atoms with Crippen LogP contribution in [-0.4, -0.2) is 5.91 Å². The predicted molar refractivity (Wildman–Crippen MR) is 85.3 cm³/mol. The highest BCUT2D eigenvalue weighted by Gasteiger charge is 2.10. The molecule has 0 fully saturated rings. The quantitative estimate of drug-likeness (QED) is 0.842. The number of anilines is 1. The number of rotatable bonds is 4. The van der Waals surface area contributed by atoms with Crippen molar-refractivity contribution in [2.24, 2.45) is 0 Å². The molecule has 3 N–H and O–H groups in total. The molecule has 104 valence electrons. The number of hydrogen-bond acceptors (Lipinski definition) is 2. The van der Waals surface area contributed by atoms with Crippen molar-refractivity contribution >= 4 is 27.5 Å². The van der Waals surface area contributed by atoms with Crippen molar-refractivity contribution in [1.82, 2.24) is 5.32 Å². The van der Waals surface area contributed by atoms with Crippen LogP contribution in [0.4, 0.5) is 5.69 Å². The smallest absolute Gasteiger partial charge is 0.224 e. The molecule has 1 atom stereocenters. The van der Waals surface area contributed by atoms with Gasteiger partial charge in [0.2, 0.25) is 5.91 Å². The topological polar surface area (TPSA) is 55.1 Å². The van der Waals surface area contributed by atoms with E-state index in [1.165, 1.54) is 0 Å². The minimum atomic E-state index is -0.0268. The van der Waals surface area contributed by atoms with Crippen molar-refractivity contribution < 1.29 is 4.79 Å². The lowest BCUT2D eigenvalue weighted by Gasteiger charge is -2.14. The Bertz CT molecular complexity index is 613. The highest BCUT2D eigenvalue weighted by molar-refractivity contribution is 9.10. The van der Waals surface area contributed by atoms with Crippen LogP contribution in [0.5, 0.6) is 0 Å². The number of carbonyl (C=O) groups is 1. The van der Waals surface area contributed by atoms with Crippen molar-refractivity contribution in [3.05, 3.63) is 64.1 Å². The van der Waals surface area contributed by atoms with Gasteiger partial charge in [-0.15, -0.1) is 0 Å². The summed E-state index contributed by atoms with van der Waals surface area (Å²) in [6.45, 7) is 1.97. The van der Waals surface area contributed by atoms with Crippen molar-refractivity contribution in [2.45, 2.75) is 19.4 Å². The van der Waals surface area contributed by atoms with Crippen LogP contribution >= 0.6 is 15.9 Å². The predicted octanol–water partition coefficient (Wildman–Crippen LogP) is 3.45. The van der Waals surface area contributed by atoms with Gasteiger partial charge in [-0.2, -0.15) is 0 Å². The molecule has 0 spiro atoms. The molecule has 0 heterocycles. The Morgan fingerprint density at radius 1 is 1.25 bits per heavy atom. The lowest BCUT2D eigenvalue weighted by Crippen LogP contribution is -2.28. The van der Waals surface area contributed by atoms with E-state index in [1.54, 1.807) is 0 Å². The van der Waals surface area contributed by atoms with Crippen LogP contribution in [0.3, 0.4) is 0 Å². The van der Waals surface area contributed by atoms with Crippen LogP contribution in [0.15, 0.2) is 53.0 Å². The van der Waals surface area contributed by atoms with E-state index in [4.69, 9.17) is 5.73 Å². The molecule has 2 aromatic carbocycles. The second-order valence-electron chi connectivity index (χ2n) is 4.77. The molecule has 0 aromatic heterocycles. The largest absolute Gasteiger partial charge is 0.399 e. The Kier molecular flexibility index (Phi) is 4.79. The SMILES string of the molecule is C[C@H](NC(=O)Cc1cccc(N)c1)c1cccc(Br)c1. The zero-order valence-electron chi connectivity index (χ0n) is 11.3. The molecule has 0 saturated heterocycles. The Morgan fingerprint density at radius 2 is 2.00 bits per heavy atom. The molecule has 0 aliphatic rings. The summed E-state index contributed by atoms with van der Waals surface area (Å²) in [7, 11) is 0. The second-order valence-corrected chi connectivity index (χ2v) is 5.68. The van der Waals surface area contributed by atoms with Gasteiger partial charge in [0, 0.05) is 10.2 Å². The number of nitrogens with two attached hydrogens (primary N) is 1. The molecule has 4 heteroatoms. The summed E-state index contributed by atoms with van der Waals surface area (Å²) in [6.07, 6.45) is 0.337. The molecule has 3 nitrogen and oxygen atoms in total. The maximum Gasteiger partial charge on any atom is 0.224 e. The molecule has 20 heavy (non-hydrogen) atoms. The summed E-state index contributed by atoms with van der Waals surface area (Å²) in [6, 6.07) is 15.3. The minimum Gasteiger partial charge on any atom is -0.399 e. The average Bonchev–Trinajstić information content (AvgIpc) is 2.38. The van der Waals surface area contributed by atoms with Gasteiger partial charge in [0.15, 0.2) is 0 Å². The number of benzene rings is 2. The fourth-order valence-electron chi connectivity index (χ4n) is 2.04. The van der Waals surface area contributed by atoms with Crippen LogP contribution in [0.25, 0.3) is 0 Å². The molecule has 0 saturated carbocycles. The molecule has 0 aliphatic carbocycles. The third-order valence-corrected chi connectivity index (χ3v) is 3.54. The van der Waals surface area contributed by atoms with E-state index in [0.29, 0.717) is 12.1 Å². The van der Waals surface area contributed by atoms with Gasteiger partial charge >= 0.3 is 0 Å². The summed E-state index contributed by atoms with van der Waals surface area (Å²) in [5.74, 6) is -0.0110. The first-order valence-corrected chi connectivity index (χ1v) is 7.23. The standard InChI is InChI=1S/C16H17BrN2O/c1-11(13-5-3-6-14(17)10-13)19-16(20)9-12-4-2-7-15(18)8-12/h2-8,10-11H,9,18H2,1H3,(H,19,20)/t11-/m0/s1. The molecule has 0 aliphatic heterocycles. The first-order valence-electron chi connectivity index (χ1n) is 6.44. The van der Waals surface area contributed by atoms with Gasteiger partial charge in [0.05, 0.1) is 12.5 Å². The van der Waals surface area contributed by atoms with E-state index < -0.39 is 0 Å². The lowest BCUT2D eigenvalue weighted by atomic mass is 10.1. The Hall–Kier alpha value is -1.81. The molecular weight excluding hydrogens is 316 g/mol. The molecule has 0 unspecified atom stereocenters. The molecule has 1 amide bonds. The Morgan fingerprint density at radius 3 is 2.70 bits per heavy atom. The van der Waals surface area contributed by atoms with Crippen LogP contribution in [0.2, 0.25) is 0 Å². The van der Waals surface area contributed by atoms with Crippen LogP contribution in [0.1, 0.15) is 24.1 Å². The lowest BCUT2D eigenvalue weighted by molar-refractivity contribution is -0.121. The van der Waals surface area contributed by atoms with E-state index in [1.807, 2.05) is 55.5 Å². The summed E-state index contributed by atoms with van der Waals surface area (Å²) in [5, 5.41) is 2.99. The van der Waals surface area contributed by atoms with Gasteiger partial charge < -0.3 is 11.1 Å². The van der Waals surface area contributed by atoms with Gasteiger partial charge in [-0.05, 0) is 42.3 Å². The molecule has 0 radical (unpaired) electrons. The Balaban J connectivity index is 1.97. The maximum absolute atomic E-state index is 12.0. The van der Waals surface area contributed by atoms with Crippen LogP contribution in [-0.2, 0) is 11.2 Å². The van der Waals surface area contributed by atoms with Crippen molar-refractivity contribution in [3.63, 3.8) is 0 Å². The number of carbonyl (C=O) groups excluding carboxylic acids is 1. The number of nitrogens with one attached hydrogen (secondary N) is 1. The van der Waals surface area contributed by atoms with Crippen molar-refractivity contribution in [3.8, 4) is 0 Å². The average molecular weight is 333 g/mol. The van der Waals surface area contributed by atoms with Gasteiger partial charge in [0.1, 0.15) is 0 Å². The highest BCUT2D eigenvalue weighted by Crippen LogP contribution is 2.18. The van der Waals surface area contributed by atoms with Crippen molar-refractivity contribution in [1.29, 1.82) is 0 Å². The van der Waals surface area contributed by atoms with E-state index in [9.17, 15) is 4.79 Å². The van der Waals surface area contributed by atoms with Gasteiger partial charge in [0.25, 0.3) is 0 Å². The van der Waals surface area contributed by atoms with Crippen molar-refractivity contribution in [2.75, 3.05) is 5.73 Å². The first-order chi connectivity index (χ1) is 9.54. The van der Waals surface area contributed by atoms with E-state index in [0.717, 1.165) is 15.6 Å². The molecule has 2 aromatic rings. The van der Waals surface area contributed by atoms with Gasteiger partial charge in [-0.1, -0.05) is 40.2 Å². The van der Waals surface area contributed by atoms with Crippen LogP contribution < -0.4 is 11.1 Å². The van der Waals surface area contributed by atoms with E-state index >= 15 is 0 Å². The van der Waals surface area contributed by atoms with E-state index in [-0.39, 0.29) is 11.9 Å².